The van der Waals surface area contributed by atoms with Crippen LogP contribution >= 0.6 is 27.7 Å². The molecule has 0 bridgehead atoms. The molecular formula is C28H24BrN3O4S. The van der Waals surface area contributed by atoms with Gasteiger partial charge in [0.25, 0.3) is 5.91 Å². The van der Waals surface area contributed by atoms with Crippen LogP contribution in [0.5, 0.6) is 17.2 Å². The lowest BCUT2D eigenvalue weighted by atomic mass is 10.1. The standard InChI is InChI=1S/C28H24BrN3O4S/c1-4-32-27(33)25(37-28(32)31-21-9-11-22(34-2)12-10-21)15-18-13-23(29)26(24(14-18)35-3)36-17-20-8-6-5-7-19(20)16-30/h5-15H,4,17H2,1-3H3/b25-15+,31-28?. The Morgan fingerprint density at radius 1 is 1.11 bits per heavy atom. The molecule has 1 heterocycles. The van der Waals surface area contributed by atoms with Crippen LogP contribution in [0.25, 0.3) is 6.08 Å². The number of amides is 1. The molecule has 1 fully saturated rings. The molecule has 0 saturated carbocycles. The summed E-state index contributed by atoms with van der Waals surface area (Å²) in [6, 6.07) is 20.5. The smallest absolute Gasteiger partial charge is 0.266 e. The Hall–Kier alpha value is -3.74. The molecule has 0 N–H and O–H groups in total. The number of carbonyl (C=O) groups excluding carboxylic acids is 1. The molecule has 0 radical (unpaired) electrons. The van der Waals surface area contributed by atoms with E-state index < -0.39 is 0 Å². The summed E-state index contributed by atoms with van der Waals surface area (Å²) in [4.78, 5) is 20.0. The summed E-state index contributed by atoms with van der Waals surface area (Å²) in [5, 5.41) is 9.95. The second-order valence-electron chi connectivity index (χ2n) is 7.84. The number of thioether (sulfide) groups is 1. The lowest BCUT2D eigenvalue weighted by Gasteiger charge is -2.14. The van der Waals surface area contributed by atoms with Crippen molar-refractivity contribution in [1.82, 2.24) is 4.90 Å². The van der Waals surface area contributed by atoms with E-state index in [9.17, 15) is 10.1 Å². The molecule has 0 unspecified atom stereocenters. The van der Waals surface area contributed by atoms with Gasteiger partial charge >= 0.3 is 0 Å². The van der Waals surface area contributed by atoms with Crippen molar-refractivity contribution in [2.24, 2.45) is 4.99 Å². The molecule has 0 spiro atoms. The molecule has 0 atom stereocenters. The highest BCUT2D eigenvalue weighted by Gasteiger charge is 2.32. The monoisotopic (exact) mass is 577 g/mol. The maximum absolute atomic E-state index is 13.1. The lowest BCUT2D eigenvalue weighted by molar-refractivity contribution is -0.122. The Balaban J connectivity index is 1.59. The molecule has 37 heavy (non-hydrogen) atoms. The Morgan fingerprint density at radius 2 is 1.86 bits per heavy atom. The van der Waals surface area contributed by atoms with Gasteiger partial charge in [-0.15, -0.1) is 0 Å². The van der Waals surface area contributed by atoms with Gasteiger partial charge < -0.3 is 14.2 Å². The van der Waals surface area contributed by atoms with Gasteiger partial charge in [-0.1, -0.05) is 18.2 Å². The van der Waals surface area contributed by atoms with E-state index in [4.69, 9.17) is 14.2 Å². The maximum atomic E-state index is 13.1. The van der Waals surface area contributed by atoms with Gasteiger partial charge in [-0.2, -0.15) is 5.26 Å². The van der Waals surface area contributed by atoms with Crippen LogP contribution in [0.2, 0.25) is 0 Å². The van der Waals surface area contributed by atoms with Crippen molar-refractivity contribution in [2.75, 3.05) is 20.8 Å². The summed E-state index contributed by atoms with van der Waals surface area (Å²) in [5.41, 5.74) is 2.84. The maximum Gasteiger partial charge on any atom is 0.266 e. The van der Waals surface area contributed by atoms with Crippen molar-refractivity contribution in [1.29, 1.82) is 5.26 Å². The number of carbonyl (C=O) groups is 1. The molecule has 1 saturated heterocycles. The number of amidine groups is 1. The molecule has 3 aromatic rings. The Morgan fingerprint density at radius 3 is 2.54 bits per heavy atom. The Kier molecular flexibility index (Phi) is 8.54. The van der Waals surface area contributed by atoms with Crippen LogP contribution < -0.4 is 14.2 Å². The van der Waals surface area contributed by atoms with E-state index in [1.54, 1.807) is 25.2 Å². The van der Waals surface area contributed by atoms with Crippen molar-refractivity contribution in [3.8, 4) is 23.3 Å². The number of methoxy groups -OCH3 is 2. The number of ether oxygens (including phenoxy) is 3. The van der Waals surface area contributed by atoms with E-state index in [1.165, 1.54) is 11.8 Å². The number of rotatable bonds is 8. The molecule has 188 valence electrons. The van der Waals surface area contributed by atoms with Crippen molar-refractivity contribution in [3.05, 3.63) is 86.7 Å². The van der Waals surface area contributed by atoms with Crippen LogP contribution in [0, 0.1) is 11.3 Å². The minimum absolute atomic E-state index is 0.108. The second kappa shape index (κ2) is 12.0. The zero-order chi connectivity index (χ0) is 26.4. The van der Waals surface area contributed by atoms with Crippen molar-refractivity contribution in [2.45, 2.75) is 13.5 Å². The highest BCUT2D eigenvalue weighted by atomic mass is 79.9. The van der Waals surface area contributed by atoms with Gasteiger partial charge in [-0.3, -0.25) is 9.69 Å². The number of halogens is 1. The van der Waals surface area contributed by atoms with E-state index >= 15 is 0 Å². The molecule has 1 aliphatic heterocycles. The van der Waals surface area contributed by atoms with Crippen LogP contribution in [0.1, 0.15) is 23.6 Å². The summed E-state index contributed by atoms with van der Waals surface area (Å²) in [6.45, 7) is 2.63. The van der Waals surface area contributed by atoms with Crippen LogP contribution in [0.15, 0.2) is 75.0 Å². The first-order valence-corrected chi connectivity index (χ1v) is 13.0. The van der Waals surface area contributed by atoms with Gasteiger partial charge in [-0.05, 0) is 88.7 Å². The third-order valence-electron chi connectivity index (χ3n) is 5.56. The number of likely N-dealkylation sites (N-methyl/N-ethyl adjacent to an activating group) is 1. The summed E-state index contributed by atoms with van der Waals surface area (Å²) in [6.07, 6.45) is 1.81. The van der Waals surface area contributed by atoms with E-state index in [1.807, 2.05) is 67.6 Å². The fraction of sp³-hybridized carbons (Fsp3) is 0.179. The molecule has 3 aromatic carbocycles. The average molecular weight is 578 g/mol. The molecule has 0 aromatic heterocycles. The molecule has 0 aliphatic carbocycles. The van der Waals surface area contributed by atoms with Crippen LogP contribution in [0.3, 0.4) is 0 Å². The molecule has 1 aliphatic rings. The predicted octanol–water partition coefficient (Wildman–Crippen LogP) is 6.54. The number of nitriles is 1. The number of hydrogen-bond acceptors (Lipinski definition) is 7. The normalized spacial score (nSPS) is 15.2. The third-order valence-corrected chi connectivity index (χ3v) is 7.16. The molecule has 4 rings (SSSR count). The minimum Gasteiger partial charge on any atom is -0.497 e. The topological polar surface area (TPSA) is 84.2 Å². The van der Waals surface area contributed by atoms with Crippen molar-refractivity contribution >= 4 is 50.5 Å². The van der Waals surface area contributed by atoms with Gasteiger partial charge in [0.2, 0.25) is 0 Å². The summed E-state index contributed by atoms with van der Waals surface area (Å²) >= 11 is 4.89. The molecule has 1 amide bonds. The zero-order valence-corrected chi connectivity index (χ0v) is 22.9. The first kappa shape index (κ1) is 26.3. The zero-order valence-electron chi connectivity index (χ0n) is 20.5. The van der Waals surface area contributed by atoms with Crippen molar-refractivity contribution in [3.63, 3.8) is 0 Å². The van der Waals surface area contributed by atoms with Gasteiger partial charge in [0.05, 0.1) is 40.9 Å². The van der Waals surface area contributed by atoms with E-state index in [-0.39, 0.29) is 12.5 Å². The number of hydrogen-bond donors (Lipinski definition) is 0. The second-order valence-corrected chi connectivity index (χ2v) is 9.71. The quantitative estimate of drug-likeness (QED) is 0.282. The van der Waals surface area contributed by atoms with E-state index in [2.05, 4.69) is 27.0 Å². The molecule has 7 nitrogen and oxygen atoms in total. The summed E-state index contributed by atoms with van der Waals surface area (Å²) < 4.78 is 17.5. The highest BCUT2D eigenvalue weighted by Crippen LogP contribution is 2.40. The van der Waals surface area contributed by atoms with Gasteiger partial charge in [0.1, 0.15) is 12.4 Å². The van der Waals surface area contributed by atoms with Crippen LogP contribution in [-0.4, -0.2) is 36.7 Å². The molecular weight excluding hydrogens is 554 g/mol. The Bertz CT molecular complexity index is 1410. The number of aliphatic imine (C=N–C) groups is 1. The van der Waals surface area contributed by atoms with Gasteiger partial charge in [0.15, 0.2) is 16.7 Å². The summed E-state index contributed by atoms with van der Waals surface area (Å²) in [7, 11) is 3.17. The van der Waals surface area contributed by atoms with E-state index in [0.717, 1.165) is 22.6 Å². The Labute approximate surface area is 228 Å². The fourth-order valence-electron chi connectivity index (χ4n) is 3.66. The van der Waals surface area contributed by atoms with Crippen LogP contribution in [-0.2, 0) is 11.4 Å². The lowest BCUT2D eigenvalue weighted by Crippen LogP contribution is -2.28. The first-order chi connectivity index (χ1) is 18.0. The average Bonchev–Trinajstić information content (AvgIpc) is 3.21. The third kappa shape index (κ3) is 5.98. The SMILES string of the molecule is CCN1C(=O)/C(=C\c2cc(Br)c(OCc3ccccc3C#N)c(OC)c2)SC1=Nc1ccc(OC)cc1. The van der Waals surface area contributed by atoms with Crippen molar-refractivity contribution < 1.29 is 19.0 Å². The molecule has 9 heteroatoms. The fourth-order valence-corrected chi connectivity index (χ4v) is 5.29. The number of benzene rings is 3. The van der Waals surface area contributed by atoms with Gasteiger partial charge in [-0.25, -0.2) is 4.99 Å². The predicted molar refractivity (Wildman–Crippen MR) is 149 cm³/mol. The minimum atomic E-state index is -0.108. The highest BCUT2D eigenvalue weighted by molar-refractivity contribution is 9.10. The first-order valence-electron chi connectivity index (χ1n) is 11.4. The van der Waals surface area contributed by atoms with Crippen LogP contribution in [0.4, 0.5) is 5.69 Å². The van der Waals surface area contributed by atoms with Gasteiger partial charge in [0, 0.05) is 12.1 Å². The van der Waals surface area contributed by atoms with E-state index in [0.29, 0.717) is 38.2 Å². The number of nitrogens with zero attached hydrogens (tertiary/aromatic N) is 3. The largest absolute Gasteiger partial charge is 0.497 e. The summed E-state index contributed by atoms with van der Waals surface area (Å²) in [5.74, 6) is 1.65.